The topological polar surface area (TPSA) is 68.5 Å². The Balaban J connectivity index is 1.89. The predicted molar refractivity (Wildman–Crippen MR) is 96.2 cm³/mol. The molecular weight excluding hydrogens is 318 g/mol. The van der Waals surface area contributed by atoms with Crippen molar-refractivity contribution in [3.05, 3.63) is 48.2 Å². The highest BCUT2D eigenvalue weighted by Gasteiger charge is 2.25. The Hall–Kier alpha value is -2.82. The van der Waals surface area contributed by atoms with Crippen molar-refractivity contribution in [1.29, 1.82) is 0 Å². The molecule has 1 N–H and O–H groups in total. The lowest BCUT2D eigenvalue weighted by atomic mass is 10.0. The molecule has 1 heterocycles. The van der Waals surface area contributed by atoms with Crippen molar-refractivity contribution in [2.45, 2.75) is 26.3 Å². The monoisotopic (exact) mass is 339 g/mol. The molecule has 0 fully saturated rings. The highest BCUT2D eigenvalue weighted by Crippen LogP contribution is 2.30. The van der Waals surface area contributed by atoms with E-state index in [0.717, 1.165) is 27.3 Å². The van der Waals surface area contributed by atoms with Gasteiger partial charge in [0.05, 0.1) is 19.8 Å². The van der Waals surface area contributed by atoms with Gasteiger partial charge >= 0.3 is 5.97 Å². The van der Waals surface area contributed by atoms with Crippen molar-refractivity contribution in [3.63, 3.8) is 0 Å². The van der Waals surface area contributed by atoms with Crippen LogP contribution in [0.25, 0.3) is 21.7 Å². The Bertz CT molecular complexity index is 926. The lowest BCUT2D eigenvalue weighted by molar-refractivity contribution is -0.146. The van der Waals surface area contributed by atoms with Gasteiger partial charge in [0.25, 0.3) is 0 Å². The second-order valence-corrected chi connectivity index (χ2v) is 6.41. The second kappa shape index (κ2) is 6.97. The molecule has 1 atom stereocenters. The van der Waals surface area contributed by atoms with Crippen molar-refractivity contribution >= 4 is 33.6 Å². The first-order valence-corrected chi connectivity index (χ1v) is 8.26. The van der Waals surface area contributed by atoms with E-state index in [1.807, 2.05) is 50.2 Å². The van der Waals surface area contributed by atoms with Crippen molar-refractivity contribution in [3.8, 4) is 0 Å². The van der Waals surface area contributed by atoms with Gasteiger partial charge in [-0.25, -0.2) is 4.79 Å². The fourth-order valence-corrected chi connectivity index (χ4v) is 3.03. The number of benzene rings is 2. The van der Waals surface area contributed by atoms with Crippen LogP contribution in [0.2, 0.25) is 0 Å². The molecule has 3 aromatic rings. The maximum absolute atomic E-state index is 12.5. The number of amides is 1. The molecule has 0 bridgehead atoms. The van der Waals surface area contributed by atoms with Gasteiger partial charge in [0.2, 0.25) is 5.91 Å². The van der Waals surface area contributed by atoms with Crippen LogP contribution in [0.15, 0.2) is 47.1 Å². The van der Waals surface area contributed by atoms with Crippen LogP contribution >= 0.6 is 0 Å². The number of methoxy groups -OCH3 is 1. The Morgan fingerprint density at radius 2 is 1.92 bits per heavy atom. The van der Waals surface area contributed by atoms with Gasteiger partial charge in [-0.2, -0.15) is 0 Å². The van der Waals surface area contributed by atoms with E-state index >= 15 is 0 Å². The number of nitrogens with one attached hydrogen (secondary N) is 1. The molecular formula is C20H21NO4. The minimum absolute atomic E-state index is 0.0571. The van der Waals surface area contributed by atoms with E-state index in [1.54, 1.807) is 6.26 Å². The van der Waals surface area contributed by atoms with E-state index in [-0.39, 0.29) is 18.2 Å². The van der Waals surface area contributed by atoms with Crippen molar-refractivity contribution in [2.24, 2.45) is 5.92 Å². The molecule has 130 valence electrons. The van der Waals surface area contributed by atoms with E-state index < -0.39 is 12.0 Å². The molecule has 1 amide bonds. The summed E-state index contributed by atoms with van der Waals surface area (Å²) in [5.41, 5.74) is 1.55. The van der Waals surface area contributed by atoms with Crippen LogP contribution in [0, 0.1) is 5.92 Å². The molecule has 0 saturated heterocycles. The molecule has 1 aromatic heterocycles. The lowest BCUT2D eigenvalue weighted by Gasteiger charge is -2.19. The van der Waals surface area contributed by atoms with E-state index in [0.29, 0.717) is 0 Å². The molecule has 5 heteroatoms. The van der Waals surface area contributed by atoms with E-state index in [2.05, 4.69) is 5.32 Å². The zero-order valence-electron chi connectivity index (χ0n) is 14.5. The molecule has 5 nitrogen and oxygen atoms in total. The largest absolute Gasteiger partial charge is 0.467 e. The molecule has 0 aliphatic rings. The molecule has 25 heavy (non-hydrogen) atoms. The fourth-order valence-electron chi connectivity index (χ4n) is 3.03. The van der Waals surface area contributed by atoms with E-state index in [4.69, 9.17) is 9.15 Å². The standard InChI is InChI=1S/C20H21NO4/c1-12(2)19(20(23)24-3)21-17(22)10-14-11-25-16-9-8-13-6-4-5-7-15(13)18(14)16/h4-9,11-12,19H,10H2,1-3H3,(H,21,22)/t19-/m0/s1. The predicted octanol–water partition coefficient (Wildman–Crippen LogP) is 3.44. The summed E-state index contributed by atoms with van der Waals surface area (Å²) in [4.78, 5) is 24.3. The van der Waals surface area contributed by atoms with E-state index in [1.165, 1.54) is 7.11 Å². The third-order valence-corrected chi connectivity index (χ3v) is 4.33. The van der Waals surface area contributed by atoms with Gasteiger partial charge in [0.15, 0.2) is 0 Å². The fraction of sp³-hybridized carbons (Fsp3) is 0.300. The highest BCUT2D eigenvalue weighted by molar-refractivity contribution is 6.08. The van der Waals surface area contributed by atoms with Crippen LogP contribution in [0.1, 0.15) is 19.4 Å². The third-order valence-electron chi connectivity index (χ3n) is 4.33. The lowest BCUT2D eigenvalue weighted by Crippen LogP contribution is -2.45. The van der Waals surface area contributed by atoms with Gasteiger partial charge in [-0.05, 0) is 22.8 Å². The first kappa shape index (κ1) is 17.0. The molecule has 0 spiro atoms. The summed E-state index contributed by atoms with van der Waals surface area (Å²) < 4.78 is 10.4. The number of carbonyl (C=O) groups is 2. The summed E-state index contributed by atoms with van der Waals surface area (Å²) >= 11 is 0. The molecule has 0 saturated carbocycles. The zero-order valence-corrected chi connectivity index (χ0v) is 14.5. The molecule has 2 aromatic carbocycles. The number of rotatable bonds is 5. The average molecular weight is 339 g/mol. The molecule has 0 radical (unpaired) electrons. The smallest absolute Gasteiger partial charge is 0.328 e. The summed E-state index contributed by atoms with van der Waals surface area (Å²) in [5.74, 6) is -0.732. The minimum Gasteiger partial charge on any atom is -0.467 e. The Morgan fingerprint density at radius 1 is 1.16 bits per heavy atom. The van der Waals surface area contributed by atoms with Crippen molar-refractivity contribution < 1.29 is 18.7 Å². The van der Waals surface area contributed by atoms with Crippen LogP contribution in [0.4, 0.5) is 0 Å². The summed E-state index contributed by atoms with van der Waals surface area (Å²) in [7, 11) is 1.32. The molecule has 0 aliphatic heterocycles. The number of fused-ring (bicyclic) bond motifs is 3. The Labute approximate surface area is 145 Å². The van der Waals surface area contributed by atoms with Gasteiger partial charge in [-0.1, -0.05) is 44.2 Å². The molecule has 0 unspecified atom stereocenters. The number of esters is 1. The minimum atomic E-state index is -0.660. The van der Waals surface area contributed by atoms with E-state index in [9.17, 15) is 9.59 Å². The van der Waals surface area contributed by atoms with Gasteiger partial charge in [0, 0.05) is 10.9 Å². The Kier molecular flexibility index (Phi) is 4.74. The second-order valence-electron chi connectivity index (χ2n) is 6.41. The number of furan rings is 1. The normalized spacial score (nSPS) is 12.5. The maximum Gasteiger partial charge on any atom is 0.328 e. The van der Waals surface area contributed by atoms with Gasteiger partial charge in [-0.3, -0.25) is 4.79 Å². The summed E-state index contributed by atoms with van der Waals surface area (Å²) in [5, 5.41) is 5.84. The molecule has 0 aliphatic carbocycles. The first-order valence-electron chi connectivity index (χ1n) is 8.26. The van der Waals surface area contributed by atoms with Crippen LogP contribution in [-0.2, 0) is 20.7 Å². The number of carbonyl (C=O) groups excluding carboxylic acids is 2. The maximum atomic E-state index is 12.5. The SMILES string of the molecule is COC(=O)[C@@H](NC(=O)Cc1coc2ccc3ccccc3c12)C(C)C. The van der Waals surface area contributed by atoms with Crippen molar-refractivity contribution in [2.75, 3.05) is 7.11 Å². The van der Waals surface area contributed by atoms with Crippen LogP contribution in [-0.4, -0.2) is 25.0 Å². The van der Waals surface area contributed by atoms with Crippen molar-refractivity contribution in [1.82, 2.24) is 5.32 Å². The molecule has 3 rings (SSSR count). The van der Waals surface area contributed by atoms with Crippen LogP contribution < -0.4 is 5.32 Å². The van der Waals surface area contributed by atoms with Crippen LogP contribution in [0.5, 0.6) is 0 Å². The summed E-state index contributed by atoms with van der Waals surface area (Å²) in [6.07, 6.45) is 1.75. The summed E-state index contributed by atoms with van der Waals surface area (Å²) in [6.45, 7) is 3.73. The highest BCUT2D eigenvalue weighted by atomic mass is 16.5. The quantitative estimate of drug-likeness (QED) is 0.723. The van der Waals surface area contributed by atoms with Gasteiger partial charge in [-0.15, -0.1) is 0 Å². The number of hydrogen-bond donors (Lipinski definition) is 1. The third kappa shape index (κ3) is 3.36. The van der Waals surface area contributed by atoms with Gasteiger partial charge in [0.1, 0.15) is 11.6 Å². The van der Waals surface area contributed by atoms with Gasteiger partial charge < -0.3 is 14.5 Å². The zero-order chi connectivity index (χ0) is 18.0. The first-order chi connectivity index (χ1) is 12.0. The average Bonchev–Trinajstić information content (AvgIpc) is 3.02. The Morgan fingerprint density at radius 3 is 2.64 bits per heavy atom. The number of hydrogen-bond acceptors (Lipinski definition) is 4. The number of ether oxygens (including phenoxy) is 1. The van der Waals surface area contributed by atoms with Crippen LogP contribution in [0.3, 0.4) is 0 Å². The summed E-state index contributed by atoms with van der Waals surface area (Å²) in [6, 6.07) is 11.2.